The first-order chi connectivity index (χ1) is 9.15. The van der Waals surface area contributed by atoms with E-state index in [0.29, 0.717) is 12.1 Å². The molecule has 0 aromatic heterocycles. The van der Waals surface area contributed by atoms with Gasteiger partial charge in [0.1, 0.15) is 0 Å². The second-order valence-electron chi connectivity index (χ2n) is 5.68. The molecule has 0 bridgehead atoms. The Morgan fingerprint density at radius 1 is 1.32 bits per heavy atom. The molecular formula is C16H27N3. The molecule has 1 heterocycles. The summed E-state index contributed by atoms with van der Waals surface area (Å²) >= 11 is 0. The van der Waals surface area contributed by atoms with Gasteiger partial charge in [-0.3, -0.25) is 4.90 Å². The molecule has 0 aliphatic carbocycles. The van der Waals surface area contributed by atoms with E-state index in [2.05, 4.69) is 67.4 Å². The fraction of sp³-hybridized carbons (Fsp3) is 0.625. The van der Waals surface area contributed by atoms with E-state index in [1.165, 1.54) is 17.7 Å². The third kappa shape index (κ3) is 3.35. The Kier molecular flexibility index (Phi) is 4.97. The lowest BCUT2D eigenvalue weighted by atomic mass is 9.94. The van der Waals surface area contributed by atoms with E-state index in [1.807, 2.05) is 0 Å². The van der Waals surface area contributed by atoms with Crippen LogP contribution in [0.2, 0.25) is 0 Å². The number of hydrogen-bond donors (Lipinski definition) is 1. The fourth-order valence-electron chi connectivity index (χ4n) is 2.99. The standard InChI is InChI=1S/C16H27N3/c1-5-13-7-6-8-14(11-13)16(17-2)15-12-18(3)9-10-19(15)4/h6-8,11,15-17H,5,9-10,12H2,1-4H3. The highest BCUT2D eigenvalue weighted by atomic mass is 15.3. The molecular weight excluding hydrogens is 234 g/mol. The van der Waals surface area contributed by atoms with E-state index in [9.17, 15) is 0 Å². The highest BCUT2D eigenvalue weighted by Crippen LogP contribution is 2.24. The lowest BCUT2D eigenvalue weighted by Crippen LogP contribution is -2.54. The summed E-state index contributed by atoms with van der Waals surface area (Å²) in [7, 11) is 6.53. The third-order valence-corrected chi connectivity index (χ3v) is 4.31. The van der Waals surface area contributed by atoms with Crippen molar-refractivity contribution in [1.29, 1.82) is 0 Å². The van der Waals surface area contributed by atoms with Crippen molar-refractivity contribution in [1.82, 2.24) is 15.1 Å². The lowest BCUT2D eigenvalue weighted by molar-refractivity contribution is 0.0897. The molecule has 0 spiro atoms. The molecule has 2 atom stereocenters. The highest BCUT2D eigenvalue weighted by Gasteiger charge is 2.29. The van der Waals surface area contributed by atoms with Gasteiger partial charge in [-0.1, -0.05) is 31.2 Å². The molecule has 2 unspecified atom stereocenters. The van der Waals surface area contributed by atoms with Gasteiger partial charge in [-0.15, -0.1) is 0 Å². The molecule has 19 heavy (non-hydrogen) atoms. The van der Waals surface area contributed by atoms with Crippen molar-refractivity contribution in [2.75, 3.05) is 40.8 Å². The van der Waals surface area contributed by atoms with Crippen LogP contribution in [0.4, 0.5) is 0 Å². The van der Waals surface area contributed by atoms with Crippen molar-refractivity contribution in [3.05, 3.63) is 35.4 Å². The molecule has 1 fully saturated rings. The van der Waals surface area contributed by atoms with Gasteiger partial charge in [0.15, 0.2) is 0 Å². The Hall–Kier alpha value is -0.900. The van der Waals surface area contributed by atoms with E-state index in [0.717, 1.165) is 19.5 Å². The molecule has 0 saturated carbocycles. The van der Waals surface area contributed by atoms with E-state index >= 15 is 0 Å². The minimum atomic E-state index is 0.402. The molecule has 3 nitrogen and oxygen atoms in total. The van der Waals surface area contributed by atoms with E-state index < -0.39 is 0 Å². The van der Waals surface area contributed by atoms with Gasteiger partial charge >= 0.3 is 0 Å². The quantitative estimate of drug-likeness (QED) is 0.891. The summed E-state index contributed by atoms with van der Waals surface area (Å²) in [5.74, 6) is 0. The van der Waals surface area contributed by atoms with Gasteiger partial charge in [0, 0.05) is 31.7 Å². The lowest BCUT2D eigenvalue weighted by Gasteiger charge is -2.42. The zero-order valence-corrected chi connectivity index (χ0v) is 12.7. The van der Waals surface area contributed by atoms with E-state index in [1.54, 1.807) is 0 Å². The number of rotatable bonds is 4. The normalized spacial score (nSPS) is 23.5. The van der Waals surface area contributed by atoms with Crippen LogP contribution >= 0.6 is 0 Å². The maximum Gasteiger partial charge on any atom is 0.0488 e. The molecule has 1 saturated heterocycles. The number of nitrogens with one attached hydrogen (secondary N) is 1. The van der Waals surface area contributed by atoms with Gasteiger partial charge in [0.05, 0.1) is 0 Å². The van der Waals surface area contributed by atoms with Crippen LogP contribution < -0.4 is 5.32 Å². The Morgan fingerprint density at radius 3 is 2.79 bits per heavy atom. The average molecular weight is 261 g/mol. The minimum absolute atomic E-state index is 0.402. The Balaban J connectivity index is 2.22. The summed E-state index contributed by atoms with van der Waals surface area (Å²) in [4.78, 5) is 4.92. The number of nitrogens with zero attached hydrogens (tertiary/aromatic N) is 2. The van der Waals surface area contributed by atoms with Crippen LogP contribution in [0.25, 0.3) is 0 Å². The monoisotopic (exact) mass is 261 g/mol. The Bertz CT molecular complexity index is 405. The molecule has 1 aromatic carbocycles. The average Bonchev–Trinajstić information content (AvgIpc) is 2.44. The van der Waals surface area contributed by atoms with Crippen LogP contribution in [0.3, 0.4) is 0 Å². The first kappa shape index (κ1) is 14.5. The minimum Gasteiger partial charge on any atom is -0.312 e. The van der Waals surface area contributed by atoms with E-state index in [-0.39, 0.29) is 0 Å². The van der Waals surface area contributed by atoms with Crippen molar-refractivity contribution < 1.29 is 0 Å². The first-order valence-electron chi connectivity index (χ1n) is 7.30. The number of benzene rings is 1. The van der Waals surface area contributed by atoms with Gasteiger partial charge in [0.2, 0.25) is 0 Å². The smallest absolute Gasteiger partial charge is 0.0488 e. The number of aryl methyl sites for hydroxylation is 1. The summed E-state index contributed by atoms with van der Waals surface area (Å²) in [5.41, 5.74) is 2.83. The largest absolute Gasteiger partial charge is 0.312 e. The van der Waals surface area contributed by atoms with Gasteiger partial charge in [-0.2, -0.15) is 0 Å². The predicted molar refractivity (Wildman–Crippen MR) is 81.5 cm³/mol. The summed E-state index contributed by atoms with van der Waals surface area (Å²) < 4.78 is 0. The number of hydrogen-bond acceptors (Lipinski definition) is 3. The number of likely N-dealkylation sites (N-methyl/N-ethyl adjacent to an activating group) is 3. The third-order valence-electron chi connectivity index (χ3n) is 4.31. The molecule has 1 aliphatic heterocycles. The second-order valence-corrected chi connectivity index (χ2v) is 5.68. The predicted octanol–water partition coefficient (Wildman–Crippen LogP) is 1.76. The fourth-order valence-corrected chi connectivity index (χ4v) is 2.99. The van der Waals surface area contributed by atoms with Gasteiger partial charge in [-0.05, 0) is 38.7 Å². The molecule has 1 N–H and O–H groups in total. The Labute approximate surface area is 117 Å². The van der Waals surface area contributed by atoms with Crippen molar-refractivity contribution in [3.8, 4) is 0 Å². The van der Waals surface area contributed by atoms with Crippen molar-refractivity contribution in [3.63, 3.8) is 0 Å². The van der Waals surface area contributed by atoms with Crippen LogP contribution in [0.5, 0.6) is 0 Å². The molecule has 0 amide bonds. The summed E-state index contributed by atoms with van der Waals surface area (Å²) in [5, 5.41) is 3.52. The summed E-state index contributed by atoms with van der Waals surface area (Å²) in [6, 6.07) is 9.94. The molecule has 2 rings (SSSR count). The van der Waals surface area contributed by atoms with Gasteiger partial charge in [0.25, 0.3) is 0 Å². The maximum atomic E-state index is 3.52. The summed E-state index contributed by atoms with van der Waals surface area (Å²) in [6.07, 6.45) is 1.10. The molecule has 1 aliphatic rings. The SMILES string of the molecule is CCc1cccc(C(NC)C2CN(C)CCN2C)c1. The molecule has 0 radical (unpaired) electrons. The second kappa shape index (κ2) is 6.51. The molecule has 3 heteroatoms. The van der Waals surface area contributed by atoms with E-state index in [4.69, 9.17) is 0 Å². The van der Waals surface area contributed by atoms with Crippen molar-refractivity contribution in [2.45, 2.75) is 25.4 Å². The van der Waals surface area contributed by atoms with Crippen molar-refractivity contribution in [2.24, 2.45) is 0 Å². The first-order valence-corrected chi connectivity index (χ1v) is 7.30. The number of piperazine rings is 1. The van der Waals surface area contributed by atoms with Gasteiger partial charge < -0.3 is 10.2 Å². The van der Waals surface area contributed by atoms with Crippen LogP contribution in [0.15, 0.2) is 24.3 Å². The topological polar surface area (TPSA) is 18.5 Å². The van der Waals surface area contributed by atoms with Crippen LogP contribution in [-0.2, 0) is 6.42 Å². The highest BCUT2D eigenvalue weighted by molar-refractivity contribution is 5.27. The summed E-state index contributed by atoms with van der Waals surface area (Å²) in [6.45, 7) is 5.65. The molecule has 1 aromatic rings. The maximum absolute atomic E-state index is 3.52. The molecule has 106 valence electrons. The van der Waals surface area contributed by atoms with Crippen LogP contribution in [-0.4, -0.2) is 56.6 Å². The van der Waals surface area contributed by atoms with Gasteiger partial charge in [-0.25, -0.2) is 0 Å². The van der Waals surface area contributed by atoms with Crippen LogP contribution in [0.1, 0.15) is 24.1 Å². The zero-order chi connectivity index (χ0) is 13.8. The Morgan fingerprint density at radius 2 is 2.11 bits per heavy atom. The van der Waals surface area contributed by atoms with Crippen LogP contribution in [0, 0.1) is 0 Å². The zero-order valence-electron chi connectivity index (χ0n) is 12.7. The van der Waals surface area contributed by atoms with Crippen molar-refractivity contribution >= 4 is 0 Å².